The summed E-state index contributed by atoms with van der Waals surface area (Å²) in [4.78, 5) is 14.6. The van der Waals surface area contributed by atoms with Crippen molar-refractivity contribution in [1.29, 1.82) is 0 Å². The van der Waals surface area contributed by atoms with E-state index in [0.717, 1.165) is 12.8 Å². The summed E-state index contributed by atoms with van der Waals surface area (Å²) in [6.07, 6.45) is 0.531. The Morgan fingerprint density at radius 1 is 1.41 bits per heavy atom. The van der Waals surface area contributed by atoms with Crippen LogP contribution in [0.5, 0.6) is 0 Å². The number of fused-ring (bicyclic) bond motifs is 1. The minimum atomic E-state index is -2.75. The monoisotopic (exact) mass is 400 g/mol. The van der Waals surface area contributed by atoms with E-state index in [4.69, 9.17) is 16.3 Å². The van der Waals surface area contributed by atoms with Gasteiger partial charge < -0.3 is 15.0 Å². The van der Waals surface area contributed by atoms with Gasteiger partial charge in [-0.2, -0.15) is 0 Å². The molecule has 7 nitrogen and oxygen atoms in total. The third kappa shape index (κ3) is 4.47. The van der Waals surface area contributed by atoms with E-state index in [-0.39, 0.29) is 22.8 Å². The minimum Gasteiger partial charge on any atom is -0.369 e. The summed E-state index contributed by atoms with van der Waals surface area (Å²) in [7, 11) is 3.72. The van der Waals surface area contributed by atoms with Crippen LogP contribution in [-0.2, 0) is 4.74 Å². The van der Waals surface area contributed by atoms with Crippen LogP contribution in [0, 0.1) is 0 Å². The Balaban J connectivity index is 2.05. The largest absolute Gasteiger partial charge is 0.369 e. The lowest BCUT2D eigenvalue weighted by Gasteiger charge is -2.25. The second kappa shape index (κ2) is 8.35. The number of alkyl halides is 2. The van der Waals surface area contributed by atoms with Gasteiger partial charge in [-0.1, -0.05) is 11.6 Å². The fourth-order valence-corrected chi connectivity index (χ4v) is 3.21. The van der Waals surface area contributed by atoms with Gasteiger partial charge in [0, 0.05) is 26.8 Å². The Hall–Kier alpha value is -2.00. The molecule has 2 aromatic heterocycles. The molecule has 0 radical (unpaired) electrons. The van der Waals surface area contributed by atoms with Gasteiger partial charge in [0.2, 0.25) is 0 Å². The first-order valence-corrected chi connectivity index (χ1v) is 9.19. The van der Waals surface area contributed by atoms with Gasteiger partial charge >= 0.3 is 0 Å². The topological polar surface area (TPSA) is 67.6 Å². The predicted molar refractivity (Wildman–Crippen MR) is 102 cm³/mol. The maximum Gasteiger partial charge on any atom is 0.295 e. The molecule has 27 heavy (non-hydrogen) atoms. The number of anilines is 1. The van der Waals surface area contributed by atoms with Crippen molar-refractivity contribution in [2.24, 2.45) is 4.99 Å². The number of halogens is 3. The quantitative estimate of drug-likeness (QED) is 0.449. The normalized spacial score (nSPS) is 19.1. The molecule has 0 saturated carbocycles. The number of imidazole rings is 1. The van der Waals surface area contributed by atoms with Crippen LogP contribution in [0.1, 0.15) is 44.7 Å². The Kier molecular flexibility index (Phi) is 6.11. The molecule has 2 atom stereocenters. The van der Waals surface area contributed by atoms with Gasteiger partial charge in [-0.05, 0) is 26.2 Å². The smallest absolute Gasteiger partial charge is 0.295 e. The Bertz CT molecular complexity index is 819. The van der Waals surface area contributed by atoms with Crippen LogP contribution in [0.2, 0.25) is 5.15 Å². The van der Waals surface area contributed by atoms with E-state index in [1.165, 1.54) is 4.57 Å². The van der Waals surface area contributed by atoms with Crippen molar-refractivity contribution in [3.05, 3.63) is 17.0 Å². The summed E-state index contributed by atoms with van der Waals surface area (Å²) in [5.74, 6) is -0.362. The molecule has 2 aromatic rings. The summed E-state index contributed by atoms with van der Waals surface area (Å²) in [5, 5.41) is 3.34. The number of nitrogens with one attached hydrogen (secondary N) is 1. The van der Waals surface area contributed by atoms with Gasteiger partial charge in [0.15, 0.2) is 11.5 Å². The third-order valence-electron chi connectivity index (χ3n) is 4.17. The summed E-state index contributed by atoms with van der Waals surface area (Å²) >= 11 is 6.17. The molecule has 0 spiro atoms. The van der Waals surface area contributed by atoms with Crippen LogP contribution in [0.25, 0.3) is 11.2 Å². The fourth-order valence-electron chi connectivity index (χ4n) is 3.02. The molecule has 1 aliphatic heterocycles. The molecule has 1 N–H and O–H groups in total. The first kappa shape index (κ1) is 19.8. The average molecular weight is 401 g/mol. The van der Waals surface area contributed by atoms with Gasteiger partial charge in [-0.15, -0.1) is 0 Å². The molecule has 10 heteroatoms. The van der Waals surface area contributed by atoms with E-state index in [2.05, 4.69) is 20.3 Å². The Labute approximate surface area is 161 Å². The van der Waals surface area contributed by atoms with Crippen molar-refractivity contribution in [1.82, 2.24) is 19.4 Å². The predicted octanol–water partition coefficient (Wildman–Crippen LogP) is 4.07. The zero-order chi connectivity index (χ0) is 19.6. The molecule has 0 aliphatic carbocycles. The van der Waals surface area contributed by atoms with Crippen LogP contribution in [0.4, 0.5) is 14.5 Å². The lowest BCUT2D eigenvalue weighted by atomic mass is 10.2. The van der Waals surface area contributed by atoms with E-state index in [1.54, 1.807) is 17.3 Å². The molecular formula is C17H23ClF2N6O. The number of ether oxygens (including phenoxy) is 1. The van der Waals surface area contributed by atoms with E-state index in [0.29, 0.717) is 24.2 Å². The van der Waals surface area contributed by atoms with E-state index >= 15 is 0 Å². The first-order valence-electron chi connectivity index (χ1n) is 8.81. The molecule has 3 rings (SSSR count). The molecular weight excluding hydrogens is 378 g/mol. The minimum absolute atomic E-state index is 0.187. The molecule has 0 aromatic carbocycles. The van der Waals surface area contributed by atoms with Crippen molar-refractivity contribution in [2.75, 3.05) is 26.0 Å². The molecule has 0 amide bonds. The highest BCUT2D eigenvalue weighted by Crippen LogP contribution is 2.35. The van der Waals surface area contributed by atoms with Crippen LogP contribution in [0.3, 0.4) is 0 Å². The third-order valence-corrected chi connectivity index (χ3v) is 4.36. The van der Waals surface area contributed by atoms with Gasteiger partial charge in [-0.3, -0.25) is 9.56 Å². The number of aliphatic imine (C=N–C) groups is 1. The highest BCUT2D eigenvalue weighted by atomic mass is 35.5. The molecule has 0 bridgehead atoms. The maximum absolute atomic E-state index is 13.7. The second-order valence-electron chi connectivity index (χ2n) is 6.68. The van der Waals surface area contributed by atoms with Crippen molar-refractivity contribution >= 4 is 34.8 Å². The molecule has 148 valence electrons. The van der Waals surface area contributed by atoms with Gasteiger partial charge in [-0.25, -0.2) is 18.7 Å². The zero-order valence-corrected chi connectivity index (χ0v) is 16.2. The molecule has 2 unspecified atom stereocenters. The molecule has 1 fully saturated rings. The van der Waals surface area contributed by atoms with Crippen molar-refractivity contribution < 1.29 is 13.5 Å². The van der Waals surface area contributed by atoms with Crippen LogP contribution in [0.15, 0.2) is 11.1 Å². The van der Waals surface area contributed by atoms with Crippen molar-refractivity contribution in [2.45, 2.75) is 45.0 Å². The number of hydrogen-bond donors (Lipinski definition) is 1. The first-order chi connectivity index (χ1) is 12.9. The maximum atomic E-state index is 13.7. The number of aromatic nitrogens is 3. The van der Waals surface area contributed by atoms with Crippen LogP contribution < -0.4 is 5.32 Å². The standard InChI is InChI=1S/C17H23ClF2N6O/c1-10(21-9-25(2)3)22-11-8-12(18)23-16-14(11)24-17(15(19)20)26(16)13-6-4-5-7-27-13/h8-10,13,15H,4-7H2,1-3H3,(H,22,23)/b21-9-. The SMILES string of the molecule is CC(/N=C\N(C)C)Nc1cc(Cl)nc2c1nc(C(F)F)n2C1CCCCO1. The van der Waals surface area contributed by atoms with Gasteiger partial charge in [0.1, 0.15) is 23.1 Å². The van der Waals surface area contributed by atoms with E-state index < -0.39 is 12.7 Å². The molecule has 3 heterocycles. The lowest BCUT2D eigenvalue weighted by molar-refractivity contribution is -0.0363. The summed E-state index contributed by atoms with van der Waals surface area (Å²) in [6, 6.07) is 1.57. The number of nitrogens with zero attached hydrogens (tertiary/aromatic N) is 5. The summed E-state index contributed by atoms with van der Waals surface area (Å²) in [5.41, 5.74) is 1.12. The van der Waals surface area contributed by atoms with E-state index in [9.17, 15) is 8.78 Å². The van der Waals surface area contributed by atoms with Crippen LogP contribution in [-0.4, -0.2) is 52.6 Å². The molecule has 1 saturated heterocycles. The zero-order valence-electron chi connectivity index (χ0n) is 15.5. The number of pyridine rings is 1. The Morgan fingerprint density at radius 3 is 2.81 bits per heavy atom. The van der Waals surface area contributed by atoms with Crippen molar-refractivity contribution in [3.63, 3.8) is 0 Å². The van der Waals surface area contributed by atoms with Gasteiger partial charge in [0.05, 0.1) is 12.0 Å². The summed E-state index contributed by atoms with van der Waals surface area (Å²) < 4.78 is 34.4. The van der Waals surface area contributed by atoms with Crippen molar-refractivity contribution in [3.8, 4) is 0 Å². The number of rotatable bonds is 6. The van der Waals surface area contributed by atoms with E-state index in [1.807, 2.05) is 21.0 Å². The highest BCUT2D eigenvalue weighted by Gasteiger charge is 2.28. The lowest BCUT2D eigenvalue weighted by Crippen LogP contribution is -2.20. The van der Waals surface area contributed by atoms with Crippen LogP contribution >= 0.6 is 11.6 Å². The fraction of sp³-hybridized carbons (Fsp3) is 0.588. The number of hydrogen-bond acceptors (Lipinski definition) is 5. The Morgan fingerprint density at radius 2 is 2.19 bits per heavy atom. The van der Waals surface area contributed by atoms with Gasteiger partial charge in [0.25, 0.3) is 6.43 Å². The summed E-state index contributed by atoms with van der Waals surface area (Å²) in [6.45, 7) is 2.37. The second-order valence-corrected chi connectivity index (χ2v) is 7.06. The highest BCUT2D eigenvalue weighted by molar-refractivity contribution is 6.30. The average Bonchev–Trinajstić information content (AvgIpc) is 3.00. The molecule has 1 aliphatic rings.